The van der Waals surface area contributed by atoms with Crippen LogP contribution in [0.15, 0.2) is 47.1 Å². The van der Waals surface area contributed by atoms with Gasteiger partial charge in [0, 0.05) is 0 Å². The number of hydrogen-bond acceptors (Lipinski definition) is 7. The molecule has 0 amide bonds. The Morgan fingerprint density at radius 3 is 2.56 bits per heavy atom. The Hall–Kier alpha value is -1.90. The van der Waals surface area contributed by atoms with Crippen molar-refractivity contribution in [3.63, 3.8) is 0 Å². The zero-order valence-corrected chi connectivity index (χ0v) is 13.6. The molecule has 7 nitrogen and oxygen atoms in total. The number of fused-ring (bicyclic) bond motifs is 1. The maximum Gasteiger partial charge on any atom is 0.229 e. The van der Waals surface area contributed by atoms with Crippen LogP contribution in [0.1, 0.15) is 17.6 Å². The van der Waals surface area contributed by atoms with Gasteiger partial charge in [-0.1, -0.05) is 17.7 Å². The molecule has 25 heavy (non-hydrogen) atoms. The first-order valence-electron chi connectivity index (χ1n) is 8.17. The van der Waals surface area contributed by atoms with E-state index in [1.165, 1.54) is 6.26 Å². The third-order valence-corrected chi connectivity index (χ3v) is 4.38. The summed E-state index contributed by atoms with van der Waals surface area (Å²) in [5.74, 6) is 1.05. The van der Waals surface area contributed by atoms with Crippen LogP contribution in [-0.2, 0) is 14.2 Å². The first kappa shape index (κ1) is 16.6. The van der Waals surface area contributed by atoms with Crippen LogP contribution in [-0.4, -0.2) is 47.5 Å². The Morgan fingerprint density at radius 1 is 1.04 bits per heavy atom. The van der Waals surface area contributed by atoms with E-state index in [4.69, 9.17) is 23.4 Å². The first-order chi connectivity index (χ1) is 12.1. The first-order valence-corrected chi connectivity index (χ1v) is 8.17. The van der Waals surface area contributed by atoms with Gasteiger partial charge in [-0.15, -0.1) is 0 Å². The van der Waals surface area contributed by atoms with E-state index in [1.54, 1.807) is 24.3 Å². The van der Waals surface area contributed by atoms with Gasteiger partial charge in [0.1, 0.15) is 30.2 Å². The molecule has 7 heteroatoms. The maximum absolute atomic E-state index is 10.5. The van der Waals surface area contributed by atoms with Crippen molar-refractivity contribution in [2.24, 2.45) is 0 Å². The van der Waals surface area contributed by atoms with Gasteiger partial charge in [0.05, 0.1) is 12.9 Å². The second kappa shape index (κ2) is 6.78. The number of aryl methyl sites for hydroxylation is 1. The second-order valence-electron chi connectivity index (χ2n) is 6.24. The predicted molar refractivity (Wildman–Crippen MR) is 84.8 cm³/mol. The van der Waals surface area contributed by atoms with Gasteiger partial charge in [-0.05, 0) is 31.2 Å². The Bertz CT molecular complexity index is 682. The van der Waals surface area contributed by atoms with E-state index in [0.29, 0.717) is 11.5 Å². The molecule has 2 saturated heterocycles. The van der Waals surface area contributed by atoms with Crippen molar-refractivity contribution in [3.8, 4) is 5.75 Å². The predicted octanol–water partition coefficient (Wildman–Crippen LogP) is 1.53. The number of furan rings is 1. The molecule has 2 aliphatic heterocycles. The second-order valence-corrected chi connectivity index (χ2v) is 6.24. The number of aliphatic hydroxyl groups is 2. The molecule has 2 aliphatic rings. The monoisotopic (exact) mass is 348 g/mol. The van der Waals surface area contributed by atoms with Crippen LogP contribution in [0.3, 0.4) is 0 Å². The van der Waals surface area contributed by atoms with E-state index < -0.39 is 37.0 Å². The summed E-state index contributed by atoms with van der Waals surface area (Å²) in [5, 5.41) is 20.8. The summed E-state index contributed by atoms with van der Waals surface area (Å²) in [7, 11) is 0. The van der Waals surface area contributed by atoms with Gasteiger partial charge in [0.2, 0.25) is 12.6 Å². The van der Waals surface area contributed by atoms with Crippen LogP contribution in [0.2, 0.25) is 0 Å². The van der Waals surface area contributed by atoms with E-state index >= 15 is 0 Å². The minimum absolute atomic E-state index is 0.188. The molecule has 0 bridgehead atoms. The van der Waals surface area contributed by atoms with Crippen molar-refractivity contribution in [2.75, 3.05) is 6.61 Å². The standard InChI is InChI=1S/C18H20O7/c1-10-4-6-11(7-5-10)23-18-15(20)14(19)16-13(24-18)9-22-17(25-16)12-3-2-8-21-12/h2-8,13-20H,9H2,1H3. The highest BCUT2D eigenvalue weighted by Crippen LogP contribution is 2.34. The van der Waals surface area contributed by atoms with E-state index in [-0.39, 0.29) is 6.61 Å². The lowest BCUT2D eigenvalue weighted by Gasteiger charge is -2.45. The number of aliphatic hydroxyl groups excluding tert-OH is 2. The number of ether oxygens (including phenoxy) is 4. The molecule has 1 aromatic heterocycles. The summed E-state index contributed by atoms with van der Waals surface area (Å²) in [6.45, 7) is 2.16. The molecular weight excluding hydrogens is 328 g/mol. The Morgan fingerprint density at radius 2 is 1.84 bits per heavy atom. The van der Waals surface area contributed by atoms with Crippen molar-refractivity contribution < 1.29 is 33.6 Å². The fourth-order valence-corrected chi connectivity index (χ4v) is 2.99. The zero-order chi connectivity index (χ0) is 17.4. The van der Waals surface area contributed by atoms with Gasteiger partial charge in [-0.2, -0.15) is 0 Å². The Balaban J connectivity index is 1.45. The van der Waals surface area contributed by atoms with E-state index in [0.717, 1.165) is 5.56 Å². The highest BCUT2D eigenvalue weighted by Gasteiger charge is 2.50. The number of rotatable bonds is 3. The topological polar surface area (TPSA) is 90.5 Å². The highest BCUT2D eigenvalue weighted by molar-refractivity contribution is 5.26. The Kier molecular flexibility index (Phi) is 4.49. The lowest BCUT2D eigenvalue weighted by Crippen LogP contribution is -2.62. The molecule has 6 unspecified atom stereocenters. The molecule has 3 heterocycles. The fourth-order valence-electron chi connectivity index (χ4n) is 2.99. The molecule has 0 saturated carbocycles. The molecule has 2 fully saturated rings. The fraction of sp³-hybridized carbons (Fsp3) is 0.444. The third kappa shape index (κ3) is 3.29. The lowest BCUT2D eigenvalue weighted by atomic mass is 9.98. The van der Waals surface area contributed by atoms with Crippen molar-refractivity contribution in [1.29, 1.82) is 0 Å². The van der Waals surface area contributed by atoms with E-state index in [1.807, 2.05) is 19.1 Å². The van der Waals surface area contributed by atoms with Crippen LogP contribution in [0, 0.1) is 6.92 Å². The van der Waals surface area contributed by atoms with Gasteiger partial charge in [-0.25, -0.2) is 0 Å². The quantitative estimate of drug-likeness (QED) is 0.869. The van der Waals surface area contributed by atoms with Gasteiger partial charge < -0.3 is 33.6 Å². The number of hydrogen-bond donors (Lipinski definition) is 2. The van der Waals surface area contributed by atoms with Gasteiger partial charge in [0.15, 0.2) is 5.76 Å². The molecule has 1 aromatic carbocycles. The Labute approximate surface area is 144 Å². The summed E-state index contributed by atoms with van der Waals surface area (Å²) in [5.41, 5.74) is 1.09. The van der Waals surface area contributed by atoms with Crippen LogP contribution in [0.5, 0.6) is 5.75 Å². The summed E-state index contributed by atoms with van der Waals surface area (Å²) >= 11 is 0. The number of benzene rings is 1. The van der Waals surface area contributed by atoms with Crippen LogP contribution in [0.25, 0.3) is 0 Å². The molecule has 0 aliphatic carbocycles. The molecular formula is C18H20O7. The average Bonchev–Trinajstić information content (AvgIpc) is 3.16. The normalized spacial score (nSPS) is 35.2. The van der Waals surface area contributed by atoms with Crippen molar-refractivity contribution in [2.45, 2.75) is 43.9 Å². The SMILES string of the molecule is Cc1ccc(OC2OC3COC(c4ccco4)OC3C(O)C2O)cc1. The summed E-state index contributed by atoms with van der Waals surface area (Å²) < 4.78 is 28.0. The smallest absolute Gasteiger partial charge is 0.229 e. The van der Waals surface area contributed by atoms with Crippen LogP contribution >= 0.6 is 0 Å². The molecule has 4 rings (SSSR count). The van der Waals surface area contributed by atoms with E-state index in [2.05, 4.69) is 0 Å². The minimum Gasteiger partial charge on any atom is -0.464 e. The van der Waals surface area contributed by atoms with Gasteiger partial charge in [-0.3, -0.25) is 0 Å². The highest BCUT2D eigenvalue weighted by atomic mass is 16.8. The van der Waals surface area contributed by atoms with E-state index in [9.17, 15) is 10.2 Å². The molecule has 0 spiro atoms. The van der Waals surface area contributed by atoms with Gasteiger partial charge in [0.25, 0.3) is 0 Å². The molecule has 0 radical (unpaired) electrons. The minimum atomic E-state index is -1.25. The third-order valence-electron chi connectivity index (χ3n) is 4.38. The molecule has 134 valence electrons. The van der Waals surface area contributed by atoms with Crippen LogP contribution in [0.4, 0.5) is 0 Å². The summed E-state index contributed by atoms with van der Waals surface area (Å²) in [6.07, 6.45) is -3.95. The van der Waals surface area contributed by atoms with Crippen LogP contribution < -0.4 is 4.74 Å². The van der Waals surface area contributed by atoms with Crippen molar-refractivity contribution in [1.82, 2.24) is 0 Å². The zero-order valence-electron chi connectivity index (χ0n) is 13.6. The largest absolute Gasteiger partial charge is 0.464 e. The molecule has 2 N–H and O–H groups in total. The molecule has 2 aromatic rings. The average molecular weight is 348 g/mol. The summed E-state index contributed by atoms with van der Waals surface area (Å²) in [6, 6.07) is 10.8. The lowest BCUT2D eigenvalue weighted by molar-refractivity contribution is -0.352. The van der Waals surface area contributed by atoms with Gasteiger partial charge >= 0.3 is 0 Å². The molecule has 6 atom stereocenters. The maximum atomic E-state index is 10.5. The van der Waals surface area contributed by atoms with Crippen molar-refractivity contribution in [3.05, 3.63) is 54.0 Å². The van der Waals surface area contributed by atoms with Crippen molar-refractivity contribution >= 4 is 0 Å². The summed E-state index contributed by atoms with van der Waals surface area (Å²) in [4.78, 5) is 0.